The van der Waals surface area contributed by atoms with E-state index < -0.39 is 29.5 Å². The first-order valence-corrected chi connectivity index (χ1v) is 7.41. The number of halogens is 2. The van der Waals surface area contributed by atoms with Gasteiger partial charge in [0.25, 0.3) is 0 Å². The zero-order valence-electron chi connectivity index (χ0n) is 13.7. The molecule has 0 aliphatic carbocycles. The molecule has 0 aliphatic heterocycles. The fourth-order valence-electron chi connectivity index (χ4n) is 2.28. The molecule has 0 radical (unpaired) electrons. The third-order valence-corrected chi connectivity index (χ3v) is 3.76. The molecule has 2 atom stereocenters. The van der Waals surface area contributed by atoms with E-state index in [4.69, 9.17) is 16.9 Å². The van der Waals surface area contributed by atoms with Gasteiger partial charge in [0.2, 0.25) is 0 Å². The number of nitriles is 1. The molecule has 2 unspecified atom stereocenters. The highest BCUT2D eigenvalue weighted by molar-refractivity contribution is 6.30. The van der Waals surface area contributed by atoms with Crippen LogP contribution in [0.15, 0.2) is 6.07 Å². The number of anilines is 1. The molecule has 6 nitrogen and oxygen atoms in total. The van der Waals surface area contributed by atoms with Crippen LogP contribution in [0.3, 0.4) is 0 Å². The molecule has 1 heterocycles. The van der Waals surface area contributed by atoms with Crippen molar-refractivity contribution in [2.45, 2.75) is 52.2 Å². The molecule has 126 valence electrons. The lowest BCUT2D eigenvalue weighted by Gasteiger charge is -2.40. The maximum Gasteiger partial charge on any atom is 0.408 e. The summed E-state index contributed by atoms with van der Waals surface area (Å²) in [6.07, 6.45) is -1.06. The summed E-state index contributed by atoms with van der Waals surface area (Å²) in [7, 11) is 0. The monoisotopic (exact) mass is 342 g/mol. The van der Waals surface area contributed by atoms with Gasteiger partial charge in [-0.25, -0.2) is 14.2 Å². The minimum atomic E-state index is -1.06. The van der Waals surface area contributed by atoms with Crippen LogP contribution in [0.1, 0.15) is 40.2 Å². The van der Waals surface area contributed by atoms with Gasteiger partial charge in [0.1, 0.15) is 11.2 Å². The Morgan fingerprint density at radius 2 is 2.09 bits per heavy atom. The van der Waals surface area contributed by atoms with E-state index in [9.17, 15) is 14.3 Å². The number of hydrogen-bond donors (Lipinski definition) is 2. The lowest BCUT2D eigenvalue weighted by molar-refractivity contribution is 0.0710. The van der Waals surface area contributed by atoms with Crippen LogP contribution < -0.4 is 5.32 Å². The van der Waals surface area contributed by atoms with Crippen LogP contribution >= 0.6 is 11.6 Å². The molecule has 0 fully saturated rings. The first-order valence-electron chi connectivity index (χ1n) is 7.04. The second kappa shape index (κ2) is 7.01. The maximum absolute atomic E-state index is 14.0. The Kier molecular flexibility index (Phi) is 5.78. The van der Waals surface area contributed by atoms with Crippen LogP contribution in [0.2, 0.25) is 5.15 Å². The molecule has 1 rings (SSSR count). The smallest absolute Gasteiger partial charge is 0.408 e. The number of nitrogens with one attached hydrogen (secondary N) is 1. The summed E-state index contributed by atoms with van der Waals surface area (Å²) in [6, 6.07) is 1.85. The van der Waals surface area contributed by atoms with E-state index in [-0.39, 0.29) is 16.5 Å². The highest BCUT2D eigenvalue weighted by Gasteiger charge is 2.33. The van der Waals surface area contributed by atoms with Gasteiger partial charge in [-0.2, -0.15) is 5.26 Å². The Bertz CT molecular complexity index is 640. The summed E-state index contributed by atoms with van der Waals surface area (Å²) in [5, 5.41) is 20.9. The molecule has 2 N–H and O–H groups in total. The van der Waals surface area contributed by atoms with Crippen molar-refractivity contribution in [2.75, 3.05) is 5.32 Å². The molecule has 8 heteroatoms. The topological polar surface area (TPSA) is 89.3 Å². The van der Waals surface area contributed by atoms with E-state index in [1.54, 1.807) is 40.7 Å². The van der Waals surface area contributed by atoms with Gasteiger partial charge >= 0.3 is 6.09 Å². The highest BCUT2D eigenvalue weighted by Crippen LogP contribution is 2.23. The normalized spacial score (nSPS) is 13.8. The lowest BCUT2D eigenvalue weighted by atomic mass is 10.0. The maximum atomic E-state index is 14.0. The molecule has 0 bridgehead atoms. The number of aromatic nitrogens is 1. The SMILES string of the molecule is CC(Nc1nc(Cl)c(C#N)cc1F)C(C)N(C(=O)O)C(C)(C)C. The Hall–Kier alpha value is -2.07. The molecule has 23 heavy (non-hydrogen) atoms. The average molecular weight is 343 g/mol. The van der Waals surface area contributed by atoms with Crippen LogP contribution in [0.5, 0.6) is 0 Å². The Morgan fingerprint density at radius 3 is 2.52 bits per heavy atom. The number of pyridine rings is 1. The van der Waals surface area contributed by atoms with E-state index >= 15 is 0 Å². The van der Waals surface area contributed by atoms with E-state index in [1.807, 2.05) is 0 Å². The van der Waals surface area contributed by atoms with Gasteiger partial charge in [-0.05, 0) is 40.7 Å². The molecule has 0 aromatic carbocycles. The summed E-state index contributed by atoms with van der Waals surface area (Å²) in [4.78, 5) is 16.6. The summed E-state index contributed by atoms with van der Waals surface area (Å²) in [5.41, 5.74) is -0.674. The van der Waals surface area contributed by atoms with Crippen molar-refractivity contribution in [3.63, 3.8) is 0 Å². The van der Waals surface area contributed by atoms with Crippen LogP contribution in [0, 0.1) is 17.1 Å². The molecule has 1 amide bonds. The van der Waals surface area contributed by atoms with Gasteiger partial charge in [0.15, 0.2) is 11.6 Å². The predicted octanol–water partition coefficient (Wildman–Crippen LogP) is 3.71. The zero-order valence-corrected chi connectivity index (χ0v) is 14.4. The van der Waals surface area contributed by atoms with Crippen molar-refractivity contribution in [1.82, 2.24) is 9.88 Å². The summed E-state index contributed by atoms with van der Waals surface area (Å²) in [5.74, 6) is -0.838. The second-order valence-corrected chi connectivity index (χ2v) is 6.62. The number of carbonyl (C=O) groups is 1. The molecular formula is C15H20ClFN4O2. The Morgan fingerprint density at radius 1 is 1.52 bits per heavy atom. The molecule has 0 saturated heterocycles. The first kappa shape index (κ1) is 19.0. The largest absolute Gasteiger partial charge is 0.465 e. The Balaban J connectivity index is 3.03. The minimum absolute atomic E-state index is 0.0581. The first-order chi connectivity index (χ1) is 10.5. The van der Waals surface area contributed by atoms with Gasteiger partial charge in [-0.1, -0.05) is 11.6 Å². The number of hydrogen-bond acceptors (Lipinski definition) is 4. The van der Waals surface area contributed by atoms with Gasteiger partial charge in [-0.3, -0.25) is 4.90 Å². The molecule has 1 aromatic heterocycles. The predicted molar refractivity (Wildman–Crippen MR) is 86.1 cm³/mol. The highest BCUT2D eigenvalue weighted by atomic mass is 35.5. The third kappa shape index (κ3) is 4.45. The standard InChI is InChI=1S/C15H20ClFN4O2/c1-8(9(2)21(14(22)23)15(3,4)5)19-13-11(17)6-10(7-18)12(16)20-13/h6,8-9H,1-5H3,(H,19,20)(H,22,23). The van der Waals surface area contributed by atoms with Crippen LogP contribution in [0.25, 0.3) is 0 Å². The van der Waals surface area contributed by atoms with E-state index in [0.29, 0.717) is 0 Å². The van der Waals surface area contributed by atoms with E-state index in [1.165, 1.54) is 4.90 Å². The lowest BCUT2D eigenvalue weighted by Crippen LogP contribution is -2.55. The second-order valence-electron chi connectivity index (χ2n) is 6.27. The molecular weight excluding hydrogens is 323 g/mol. The molecule has 0 spiro atoms. The minimum Gasteiger partial charge on any atom is -0.465 e. The van der Waals surface area contributed by atoms with Crippen molar-refractivity contribution < 1.29 is 14.3 Å². The summed E-state index contributed by atoms with van der Waals surface area (Å²) < 4.78 is 14.0. The summed E-state index contributed by atoms with van der Waals surface area (Å²) >= 11 is 5.81. The fraction of sp³-hybridized carbons (Fsp3) is 0.533. The van der Waals surface area contributed by atoms with E-state index in [2.05, 4.69) is 10.3 Å². The van der Waals surface area contributed by atoms with Crippen molar-refractivity contribution >= 4 is 23.5 Å². The number of nitrogens with zero attached hydrogens (tertiary/aromatic N) is 3. The van der Waals surface area contributed by atoms with Crippen LogP contribution in [-0.4, -0.2) is 38.7 Å². The van der Waals surface area contributed by atoms with Gasteiger partial charge < -0.3 is 10.4 Å². The fourth-order valence-corrected chi connectivity index (χ4v) is 2.46. The number of rotatable bonds is 4. The third-order valence-electron chi connectivity index (χ3n) is 3.47. The van der Waals surface area contributed by atoms with Gasteiger partial charge in [0, 0.05) is 11.6 Å². The van der Waals surface area contributed by atoms with Crippen molar-refractivity contribution in [3.05, 3.63) is 22.6 Å². The van der Waals surface area contributed by atoms with E-state index in [0.717, 1.165) is 6.07 Å². The van der Waals surface area contributed by atoms with Crippen LogP contribution in [0.4, 0.5) is 15.0 Å². The van der Waals surface area contributed by atoms with Crippen LogP contribution in [-0.2, 0) is 0 Å². The number of amides is 1. The molecule has 1 aromatic rings. The number of carboxylic acid groups (broad SMARTS) is 1. The molecule has 0 saturated carbocycles. The average Bonchev–Trinajstić information content (AvgIpc) is 2.40. The zero-order chi connectivity index (χ0) is 17.9. The van der Waals surface area contributed by atoms with Crippen molar-refractivity contribution in [1.29, 1.82) is 5.26 Å². The van der Waals surface area contributed by atoms with Crippen molar-refractivity contribution in [3.8, 4) is 6.07 Å². The van der Waals surface area contributed by atoms with Crippen molar-refractivity contribution in [2.24, 2.45) is 0 Å². The van der Waals surface area contributed by atoms with Gasteiger partial charge in [0.05, 0.1) is 11.6 Å². The summed E-state index contributed by atoms with van der Waals surface area (Å²) in [6.45, 7) is 8.78. The quantitative estimate of drug-likeness (QED) is 0.814. The molecule has 0 aliphatic rings. The Labute approximate surface area is 139 Å². The van der Waals surface area contributed by atoms with Gasteiger partial charge in [-0.15, -0.1) is 0 Å².